The molecule has 1 amide bonds. The summed E-state index contributed by atoms with van der Waals surface area (Å²) in [6.45, 7) is 7.66. The summed E-state index contributed by atoms with van der Waals surface area (Å²) in [4.78, 5) is 12.7. The molecule has 0 radical (unpaired) electrons. The van der Waals surface area contributed by atoms with Crippen molar-refractivity contribution in [2.24, 2.45) is 23.7 Å². The number of hydrogen-bond acceptors (Lipinski definition) is 3. The lowest BCUT2D eigenvalue weighted by molar-refractivity contribution is -0.139. The molecule has 2 saturated carbocycles. The zero-order valence-electron chi connectivity index (χ0n) is 14.9. The number of carbonyl (C=O) groups is 1. The molecule has 132 valence electrons. The third-order valence-electron chi connectivity index (χ3n) is 6.15. The fraction of sp³-hybridized carbons (Fsp3) is 0.947. The molecule has 3 rings (SSSR count). The molecule has 1 saturated heterocycles. The second-order valence-electron chi connectivity index (χ2n) is 8.27. The molecule has 4 heteroatoms. The molecule has 1 aliphatic heterocycles. The summed E-state index contributed by atoms with van der Waals surface area (Å²) in [5.41, 5.74) is 0. The van der Waals surface area contributed by atoms with Gasteiger partial charge in [0, 0.05) is 12.6 Å². The summed E-state index contributed by atoms with van der Waals surface area (Å²) in [6.07, 6.45) is 7.41. The molecule has 2 aliphatic carbocycles. The number of nitrogens with one attached hydrogen (secondary N) is 1. The first kappa shape index (κ1) is 17.2. The lowest BCUT2D eigenvalue weighted by atomic mass is 9.84. The molecule has 1 heterocycles. The van der Waals surface area contributed by atoms with Gasteiger partial charge >= 0.3 is 0 Å². The van der Waals surface area contributed by atoms with Crippen LogP contribution in [0.2, 0.25) is 0 Å². The molecule has 0 aromatic heterocycles. The number of hydrogen-bond donors (Lipinski definition) is 1. The molecular weight excluding hydrogens is 290 g/mol. The molecule has 0 aromatic rings. The van der Waals surface area contributed by atoms with Crippen LogP contribution in [0.25, 0.3) is 0 Å². The lowest BCUT2D eigenvalue weighted by Crippen LogP contribution is -2.47. The smallest absolute Gasteiger partial charge is 0.249 e. The second-order valence-corrected chi connectivity index (χ2v) is 8.27. The zero-order chi connectivity index (χ0) is 16.4. The van der Waals surface area contributed by atoms with Crippen LogP contribution in [0.3, 0.4) is 0 Å². The highest BCUT2D eigenvalue weighted by molar-refractivity contribution is 5.81. The van der Waals surface area contributed by atoms with E-state index in [1.807, 2.05) is 0 Å². The molecule has 1 N–H and O–H groups in total. The first-order valence-corrected chi connectivity index (χ1v) is 9.58. The summed E-state index contributed by atoms with van der Waals surface area (Å²) in [6, 6.07) is 0.269. The minimum Gasteiger partial charge on any atom is -0.376 e. The first-order valence-electron chi connectivity index (χ1n) is 9.58. The van der Waals surface area contributed by atoms with E-state index in [1.54, 1.807) is 0 Å². The van der Waals surface area contributed by atoms with Crippen LogP contribution in [0, 0.1) is 23.7 Å². The van der Waals surface area contributed by atoms with E-state index in [1.165, 1.54) is 25.7 Å². The topological polar surface area (TPSA) is 47.6 Å². The molecule has 0 spiro atoms. The summed E-state index contributed by atoms with van der Waals surface area (Å²) in [7, 11) is 0. The Kier molecular flexibility index (Phi) is 5.63. The maximum absolute atomic E-state index is 12.7. The highest BCUT2D eigenvalue weighted by Crippen LogP contribution is 2.49. The maximum atomic E-state index is 12.7. The van der Waals surface area contributed by atoms with E-state index in [2.05, 4.69) is 26.1 Å². The van der Waals surface area contributed by atoms with E-state index < -0.39 is 0 Å². The van der Waals surface area contributed by atoms with Crippen LogP contribution in [-0.4, -0.2) is 37.4 Å². The Morgan fingerprint density at radius 1 is 1.22 bits per heavy atom. The number of fused-ring (bicyclic) bond motifs is 2. The molecule has 3 fully saturated rings. The number of carbonyl (C=O) groups excluding carboxylic acids is 1. The van der Waals surface area contributed by atoms with Crippen LogP contribution < -0.4 is 5.32 Å². The minimum atomic E-state index is -0.361. The summed E-state index contributed by atoms with van der Waals surface area (Å²) < 4.78 is 11.5. The molecule has 0 unspecified atom stereocenters. The summed E-state index contributed by atoms with van der Waals surface area (Å²) in [5, 5.41) is 3.26. The van der Waals surface area contributed by atoms with Gasteiger partial charge in [0.2, 0.25) is 5.91 Å². The SMILES string of the molecule is CC(C)[C@H](OC[C@@H]1CCCO1)C(=O)N[C@H](C)[C@H]1C[C@H]2CC[C@H]1C2. The Labute approximate surface area is 140 Å². The Morgan fingerprint density at radius 3 is 2.61 bits per heavy atom. The van der Waals surface area contributed by atoms with Crippen molar-refractivity contribution in [1.82, 2.24) is 5.32 Å². The third-order valence-corrected chi connectivity index (χ3v) is 6.15. The molecule has 23 heavy (non-hydrogen) atoms. The van der Waals surface area contributed by atoms with Crippen molar-refractivity contribution >= 4 is 5.91 Å². The highest BCUT2D eigenvalue weighted by atomic mass is 16.5. The van der Waals surface area contributed by atoms with Gasteiger partial charge < -0.3 is 14.8 Å². The third kappa shape index (κ3) is 4.08. The standard InChI is InChI=1S/C19H33NO3/c1-12(2)18(23-11-16-5-4-8-22-16)19(21)20-13(3)17-10-14-6-7-15(17)9-14/h12-18H,4-11H2,1-3H3,(H,20,21)/t13-,14+,15+,16+,17-,18+/m1/s1. The monoisotopic (exact) mass is 323 g/mol. The van der Waals surface area contributed by atoms with Crippen LogP contribution in [0.5, 0.6) is 0 Å². The van der Waals surface area contributed by atoms with Crippen molar-refractivity contribution in [3.8, 4) is 0 Å². The minimum absolute atomic E-state index is 0.0632. The number of ether oxygens (including phenoxy) is 2. The Bertz CT molecular complexity index is 405. The van der Waals surface area contributed by atoms with Crippen molar-refractivity contribution in [1.29, 1.82) is 0 Å². The van der Waals surface area contributed by atoms with Gasteiger partial charge in [-0.15, -0.1) is 0 Å². The van der Waals surface area contributed by atoms with Crippen molar-refractivity contribution in [3.05, 3.63) is 0 Å². The predicted octanol–water partition coefficient (Wildman–Crippen LogP) is 3.15. The van der Waals surface area contributed by atoms with Crippen LogP contribution in [-0.2, 0) is 14.3 Å². The van der Waals surface area contributed by atoms with E-state index in [-0.39, 0.29) is 30.1 Å². The van der Waals surface area contributed by atoms with Gasteiger partial charge in [-0.2, -0.15) is 0 Å². The van der Waals surface area contributed by atoms with Gasteiger partial charge in [-0.1, -0.05) is 20.3 Å². The van der Waals surface area contributed by atoms with Gasteiger partial charge in [-0.05, 0) is 62.7 Å². The average molecular weight is 323 g/mol. The van der Waals surface area contributed by atoms with Gasteiger partial charge in [-0.25, -0.2) is 0 Å². The Morgan fingerprint density at radius 2 is 2.04 bits per heavy atom. The highest BCUT2D eigenvalue weighted by Gasteiger charge is 2.42. The Balaban J connectivity index is 1.49. The molecule has 4 nitrogen and oxygen atoms in total. The predicted molar refractivity (Wildman–Crippen MR) is 90.1 cm³/mol. The molecule has 0 aromatic carbocycles. The van der Waals surface area contributed by atoms with E-state index in [9.17, 15) is 4.79 Å². The fourth-order valence-electron chi connectivity index (χ4n) is 4.88. The van der Waals surface area contributed by atoms with E-state index in [0.29, 0.717) is 12.5 Å². The first-order chi connectivity index (χ1) is 11.0. The normalized spacial score (nSPS) is 35.7. The Hall–Kier alpha value is -0.610. The van der Waals surface area contributed by atoms with E-state index in [0.717, 1.165) is 31.3 Å². The van der Waals surface area contributed by atoms with Crippen LogP contribution in [0.15, 0.2) is 0 Å². The zero-order valence-corrected chi connectivity index (χ0v) is 14.9. The summed E-state index contributed by atoms with van der Waals surface area (Å²) in [5.74, 6) is 2.67. The van der Waals surface area contributed by atoms with Gasteiger partial charge in [0.05, 0.1) is 12.7 Å². The van der Waals surface area contributed by atoms with Gasteiger partial charge in [0.25, 0.3) is 0 Å². The van der Waals surface area contributed by atoms with E-state index >= 15 is 0 Å². The number of amides is 1. The van der Waals surface area contributed by atoms with Gasteiger partial charge in [0.1, 0.15) is 6.10 Å². The second kappa shape index (κ2) is 7.52. The molecule has 3 aliphatic rings. The molecular formula is C19H33NO3. The van der Waals surface area contributed by atoms with Crippen LogP contribution >= 0.6 is 0 Å². The molecule has 6 atom stereocenters. The van der Waals surface area contributed by atoms with Crippen molar-refractivity contribution in [2.75, 3.05) is 13.2 Å². The van der Waals surface area contributed by atoms with Crippen molar-refractivity contribution in [3.63, 3.8) is 0 Å². The van der Waals surface area contributed by atoms with Crippen LogP contribution in [0.1, 0.15) is 59.3 Å². The molecule has 2 bridgehead atoms. The van der Waals surface area contributed by atoms with Crippen LogP contribution in [0.4, 0.5) is 0 Å². The van der Waals surface area contributed by atoms with E-state index in [4.69, 9.17) is 9.47 Å². The van der Waals surface area contributed by atoms with Crippen molar-refractivity contribution in [2.45, 2.75) is 77.5 Å². The van der Waals surface area contributed by atoms with Gasteiger partial charge in [-0.3, -0.25) is 4.79 Å². The van der Waals surface area contributed by atoms with Gasteiger partial charge in [0.15, 0.2) is 0 Å². The lowest BCUT2D eigenvalue weighted by Gasteiger charge is -2.31. The number of rotatable bonds is 7. The average Bonchev–Trinajstić information content (AvgIpc) is 3.24. The van der Waals surface area contributed by atoms with Crippen molar-refractivity contribution < 1.29 is 14.3 Å². The fourth-order valence-corrected chi connectivity index (χ4v) is 4.88. The largest absolute Gasteiger partial charge is 0.376 e. The quantitative estimate of drug-likeness (QED) is 0.783. The summed E-state index contributed by atoms with van der Waals surface area (Å²) >= 11 is 0. The maximum Gasteiger partial charge on any atom is 0.249 e.